The second-order valence-electron chi connectivity index (χ2n) is 7.40. The van der Waals surface area contributed by atoms with Gasteiger partial charge < -0.3 is 19.7 Å². The smallest absolute Gasteiger partial charge is 0.255 e. The molecule has 1 saturated heterocycles. The molecule has 5 nitrogen and oxygen atoms in total. The Morgan fingerprint density at radius 3 is 2.88 bits per heavy atom. The van der Waals surface area contributed by atoms with Crippen LogP contribution in [0.5, 0.6) is 0 Å². The van der Waals surface area contributed by atoms with E-state index < -0.39 is 5.60 Å². The van der Waals surface area contributed by atoms with Crippen LogP contribution < -0.4 is 5.32 Å². The molecule has 134 valence electrons. The average Bonchev–Trinajstić information content (AvgIpc) is 3.11. The standard InChI is InChI=1S/C19H30N2O3/c22-18-19(23,15-20-14-17-8-4-13-24-17)10-5-11-21(18)12-9-16-6-2-1-3-7-16/h4,8,13,16,20,23H,1-3,5-7,9-12,14-15H2. The molecule has 24 heavy (non-hydrogen) atoms. The van der Waals surface area contributed by atoms with Crippen LogP contribution in [-0.4, -0.2) is 41.1 Å². The lowest BCUT2D eigenvalue weighted by molar-refractivity contribution is -0.156. The topological polar surface area (TPSA) is 65.7 Å². The van der Waals surface area contributed by atoms with Crippen molar-refractivity contribution in [2.24, 2.45) is 5.92 Å². The number of nitrogens with zero attached hydrogens (tertiary/aromatic N) is 1. The zero-order chi connectivity index (χ0) is 16.8. The van der Waals surface area contributed by atoms with E-state index in [1.54, 1.807) is 6.26 Å². The summed E-state index contributed by atoms with van der Waals surface area (Å²) in [7, 11) is 0. The van der Waals surface area contributed by atoms with Gasteiger partial charge >= 0.3 is 0 Å². The van der Waals surface area contributed by atoms with E-state index >= 15 is 0 Å². The first-order valence-corrected chi connectivity index (χ1v) is 9.42. The fourth-order valence-corrected chi connectivity index (χ4v) is 4.06. The van der Waals surface area contributed by atoms with Crippen LogP contribution in [-0.2, 0) is 11.3 Å². The molecular formula is C19H30N2O3. The molecule has 2 aliphatic rings. The number of furan rings is 1. The van der Waals surface area contributed by atoms with Crippen LogP contribution in [0, 0.1) is 5.92 Å². The van der Waals surface area contributed by atoms with Crippen molar-refractivity contribution in [3.63, 3.8) is 0 Å². The zero-order valence-corrected chi connectivity index (χ0v) is 14.5. The van der Waals surface area contributed by atoms with Crippen LogP contribution in [0.15, 0.2) is 22.8 Å². The lowest BCUT2D eigenvalue weighted by Crippen LogP contribution is -2.58. The van der Waals surface area contributed by atoms with Crippen molar-refractivity contribution in [3.8, 4) is 0 Å². The second kappa shape index (κ2) is 8.17. The number of rotatable bonds is 7. The summed E-state index contributed by atoms with van der Waals surface area (Å²) < 4.78 is 5.27. The number of carbonyl (C=O) groups excluding carboxylic acids is 1. The van der Waals surface area contributed by atoms with E-state index in [0.29, 0.717) is 13.0 Å². The Morgan fingerprint density at radius 2 is 2.12 bits per heavy atom. The molecule has 1 atom stereocenters. The van der Waals surface area contributed by atoms with Gasteiger partial charge in [-0.25, -0.2) is 0 Å². The first kappa shape index (κ1) is 17.5. The molecule has 2 fully saturated rings. The van der Waals surface area contributed by atoms with E-state index in [0.717, 1.165) is 37.6 Å². The van der Waals surface area contributed by atoms with Crippen molar-refractivity contribution in [1.82, 2.24) is 10.2 Å². The van der Waals surface area contributed by atoms with Crippen LogP contribution in [0.1, 0.15) is 57.1 Å². The summed E-state index contributed by atoms with van der Waals surface area (Å²) in [6.07, 6.45) is 10.8. The van der Waals surface area contributed by atoms with Crippen molar-refractivity contribution in [2.45, 2.75) is 63.5 Å². The molecule has 1 aromatic rings. The summed E-state index contributed by atoms with van der Waals surface area (Å²) in [5.74, 6) is 1.48. The number of amides is 1. The first-order chi connectivity index (χ1) is 11.7. The summed E-state index contributed by atoms with van der Waals surface area (Å²) >= 11 is 0. The third kappa shape index (κ3) is 4.39. The molecule has 1 unspecified atom stereocenters. The largest absolute Gasteiger partial charge is 0.468 e. The predicted octanol–water partition coefficient (Wildman–Crippen LogP) is 2.69. The molecule has 0 aromatic carbocycles. The Kier molecular flexibility index (Phi) is 5.95. The Balaban J connectivity index is 1.47. The van der Waals surface area contributed by atoms with Gasteiger partial charge in [-0.2, -0.15) is 0 Å². The summed E-state index contributed by atoms with van der Waals surface area (Å²) in [4.78, 5) is 14.6. The van der Waals surface area contributed by atoms with E-state index in [9.17, 15) is 9.90 Å². The highest BCUT2D eigenvalue weighted by molar-refractivity contribution is 5.86. The summed E-state index contributed by atoms with van der Waals surface area (Å²) in [6.45, 7) is 2.40. The summed E-state index contributed by atoms with van der Waals surface area (Å²) in [6, 6.07) is 3.72. The maximum atomic E-state index is 12.7. The maximum absolute atomic E-state index is 12.7. The fourth-order valence-electron chi connectivity index (χ4n) is 4.06. The Hall–Kier alpha value is -1.33. The SMILES string of the molecule is O=C1N(CCC2CCCCC2)CCCC1(O)CNCc1ccco1. The molecule has 1 saturated carbocycles. The highest BCUT2D eigenvalue weighted by Gasteiger charge is 2.41. The molecule has 2 N–H and O–H groups in total. The Bertz CT molecular complexity index is 511. The number of hydrogen-bond donors (Lipinski definition) is 2. The van der Waals surface area contributed by atoms with E-state index in [-0.39, 0.29) is 12.5 Å². The molecule has 2 heterocycles. The van der Waals surface area contributed by atoms with Gasteiger partial charge in [-0.3, -0.25) is 4.79 Å². The molecule has 5 heteroatoms. The number of hydrogen-bond acceptors (Lipinski definition) is 4. The van der Waals surface area contributed by atoms with Crippen molar-refractivity contribution in [1.29, 1.82) is 0 Å². The van der Waals surface area contributed by atoms with E-state index in [1.165, 1.54) is 32.1 Å². The van der Waals surface area contributed by atoms with Crippen molar-refractivity contribution < 1.29 is 14.3 Å². The quantitative estimate of drug-likeness (QED) is 0.805. The minimum absolute atomic E-state index is 0.100. The van der Waals surface area contributed by atoms with Gasteiger partial charge in [0.1, 0.15) is 5.76 Å². The minimum Gasteiger partial charge on any atom is -0.468 e. The Morgan fingerprint density at radius 1 is 1.29 bits per heavy atom. The Labute approximate surface area is 144 Å². The van der Waals surface area contributed by atoms with Crippen molar-refractivity contribution in [3.05, 3.63) is 24.2 Å². The molecular weight excluding hydrogens is 304 g/mol. The molecule has 0 bridgehead atoms. The number of likely N-dealkylation sites (tertiary alicyclic amines) is 1. The predicted molar refractivity (Wildman–Crippen MR) is 92.4 cm³/mol. The molecule has 0 spiro atoms. The monoisotopic (exact) mass is 334 g/mol. The molecule has 1 amide bonds. The van der Waals surface area contributed by atoms with Gasteiger partial charge in [-0.05, 0) is 37.3 Å². The van der Waals surface area contributed by atoms with Gasteiger partial charge in [0.15, 0.2) is 5.60 Å². The van der Waals surface area contributed by atoms with Crippen LogP contribution in [0.2, 0.25) is 0 Å². The number of nitrogens with one attached hydrogen (secondary N) is 1. The lowest BCUT2D eigenvalue weighted by atomic mass is 9.86. The third-order valence-electron chi connectivity index (χ3n) is 5.53. The molecule has 3 rings (SSSR count). The van der Waals surface area contributed by atoms with Gasteiger partial charge in [0.05, 0.1) is 12.8 Å². The second-order valence-corrected chi connectivity index (χ2v) is 7.40. The number of carbonyl (C=O) groups is 1. The van der Waals surface area contributed by atoms with Crippen LogP contribution in [0.4, 0.5) is 0 Å². The van der Waals surface area contributed by atoms with E-state index in [4.69, 9.17) is 4.42 Å². The van der Waals surface area contributed by atoms with Crippen LogP contribution >= 0.6 is 0 Å². The van der Waals surface area contributed by atoms with Crippen LogP contribution in [0.3, 0.4) is 0 Å². The van der Waals surface area contributed by atoms with E-state index in [2.05, 4.69) is 5.32 Å². The molecule has 1 aliphatic heterocycles. The zero-order valence-electron chi connectivity index (χ0n) is 14.5. The number of aliphatic hydroxyl groups is 1. The lowest BCUT2D eigenvalue weighted by Gasteiger charge is -2.39. The minimum atomic E-state index is -1.27. The van der Waals surface area contributed by atoms with E-state index in [1.807, 2.05) is 17.0 Å². The van der Waals surface area contributed by atoms with Crippen LogP contribution in [0.25, 0.3) is 0 Å². The summed E-state index contributed by atoms with van der Waals surface area (Å²) in [5, 5.41) is 14.0. The summed E-state index contributed by atoms with van der Waals surface area (Å²) in [5.41, 5.74) is -1.27. The highest BCUT2D eigenvalue weighted by atomic mass is 16.3. The number of piperidine rings is 1. The van der Waals surface area contributed by atoms with Gasteiger partial charge in [-0.1, -0.05) is 32.1 Å². The van der Waals surface area contributed by atoms with Crippen molar-refractivity contribution >= 4 is 5.91 Å². The third-order valence-corrected chi connectivity index (χ3v) is 5.53. The van der Waals surface area contributed by atoms with Crippen molar-refractivity contribution in [2.75, 3.05) is 19.6 Å². The van der Waals surface area contributed by atoms with Gasteiger partial charge in [0.2, 0.25) is 0 Å². The fraction of sp³-hybridized carbons (Fsp3) is 0.737. The normalized spacial score (nSPS) is 26.0. The molecule has 1 aliphatic carbocycles. The van der Waals surface area contributed by atoms with Gasteiger partial charge in [-0.15, -0.1) is 0 Å². The first-order valence-electron chi connectivity index (χ1n) is 9.42. The average molecular weight is 334 g/mol. The van der Waals surface area contributed by atoms with Gasteiger partial charge in [0, 0.05) is 19.6 Å². The molecule has 0 radical (unpaired) electrons. The molecule has 1 aromatic heterocycles. The van der Waals surface area contributed by atoms with Gasteiger partial charge in [0.25, 0.3) is 5.91 Å². The maximum Gasteiger partial charge on any atom is 0.255 e. The highest BCUT2D eigenvalue weighted by Crippen LogP contribution is 2.28.